The van der Waals surface area contributed by atoms with Gasteiger partial charge in [-0.3, -0.25) is 0 Å². The Balaban J connectivity index is 1.61. The van der Waals surface area contributed by atoms with Crippen molar-refractivity contribution in [1.82, 2.24) is 15.5 Å². The van der Waals surface area contributed by atoms with E-state index in [1.807, 2.05) is 0 Å². The molecule has 0 amide bonds. The summed E-state index contributed by atoms with van der Waals surface area (Å²) in [7, 11) is 0. The van der Waals surface area contributed by atoms with E-state index in [2.05, 4.69) is 22.4 Å². The largest absolute Gasteiger partial charge is 0.424 e. The van der Waals surface area contributed by atoms with Crippen molar-refractivity contribution in [3.05, 3.63) is 11.8 Å². The lowest BCUT2D eigenvalue weighted by molar-refractivity contribution is 0.0404. The Morgan fingerprint density at radius 3 is 2.94 bits per heavy atom. The van der Waals surface area contributed by atoms with Crippen LogP contribution in [-0.2, 0) is 11.3 Å². The number of nitrogens with zero attached hydrogens (tertiary/aromatic N) is 2. The zero-order valence-corrected chi connectivity index (χ0v) is 10.2. The predicted octanol–water partition coefficient (Wildman–Crippen LogP) is 1.46. The molecule has 1 aromatic rings. The number of nitrogens with one attached hydrogen (secondary N) is 1. The Hall–Kier alpha value is -0.940. The van der Waals surface area contributed by atoms with E-state index in [1.54, 1.807) is 0 Å². The summed E-state index contributed by atoms with van der Waals surface area (Å²) in [6, 6.07) is 0.673. The number of hydrogen-bond donors (Lipinski definition) is 1. The van der Waals surface area contributed by atoms with E-state index in [4.69, 9.17) is 9.15 Å². The fraction of sp³-hybridized carbons (Fsp3) is 0.833. The maximum Gasteiger partial charge on any atom is 0.230 e. The van der Waals surface area contributed by atoms with Gasteiger partial charge in [-0.2, -0.15) is 0 Å². The summed E-state index contributed by atoms with van der Waals surface area (Å²) < 4.78 is 11.2. The molecule has 2 aliphatic rings. The van der Waals surface area contributed by atoms with Crippen LogP contribution >= 0.6 is 0 Å². The molecule has 1 aliphatic heterocycles. The normalized spacial score (nSPS) is 29.5. The Bertz CT molecular complexity index is 376. The van der Waals surface area contributed by atoms with E-state index < -0.39 is 0 Å². The maximum atomic E-state index is 5.73. The van der Waals surface area contributed by atoms with Gasteiger partial charge >= 0.3 is 0 Å². The third kappa shape index (κ3) is 2.66. The molecule has 1 N–H and O–H groups in total. The van der Waals surface area contributed by atoms with E-state index in [0.717, 1.165) is 25.5 Å². The summed E-state index contributed by atoms with van der Waals surface area (Å²) >= 11 is 0. The molecule has 0 spiro atoms. The zero-order chi connectivity index (χ0) is 11.7. The van der Waals surface area contributed by atoms with Crippen LogP contribution in [0.25, 0.3) is 0 Å². The highest BCUT2D eigenvalue weighted by Crippen LogP contribution is 2.30. The van der Waals surface area contributed by atoms with Crippen LogP contribution in [0.4, 0.5) is 0 Å². The molecule has 5 nitrogen and oxygen atoms in total. The first-order valence-corrected chi connectivity index (χ1v) is 6.46. The van der Waals surface area contributed by atoms with Gasteiger partial charge < -0.3 is 14.5 Å². The summed E-state index contributed by atoms with van der Waals surface area (Å²) in [5.41, 5.74) is 0. The molecule has 0 radical (unpaired) electrons. The Morgan fingerprint density at radius 1 is 1.29 bits per heavy atom. The van der Waals surface area contributed by atoms with Crippen molar-refractivity contribution >= 4 is 0 Å². The molecule has 0 bridgehead atoms. The molecule has 5 heteroatoms. The molecule has 2 heterocycles. The first kappa shape index (κ1) is 11.2. The second-order valence-corrected chi connectivity index (χ2v) is 5.14. The van der Waals surface area contributed by atoms with Gasteiger partial charge in [-0.05, 0) is 25.2 Å². The van der Waals surface area contributed by atoms with E-state index in [1.165, 1.54) is 12.8 Å². The van der Waals surface area contributed by atoms with Crippen molar-refractivity contribution in [2.75, 3.05) is 13.2 Å². The van der Waals surface area contributed by atoms with Crippen molar-refractivity contribution in [2.24, 2.45) is 5.92 Å². The standard InChI is InChI=1S/C12H19N3O2/c1-8-7-16-5-4-10(8)12-15-14-11(17-12)6-13-9-2-3-9/h8-10,13H,2-7H2,1H3. The molecule has 2 fully saturated rings. The van der Waals surface area contributed by atoms with Gasteiger partial charge in [0, 0.05) is 25.2 Å². The van der Waals surface area contributed by atoms with Crippen molar-refractivity contribution < 1.29 is 9.15 Å². The number of hydrogen-bond acceptors (Lipinski definition) is 5. The van der Waals surface area contributed by atoms with Crippen LogP contribution in [0.15, 0.2) is 4.42 Å². The van der Waals surface area contributed by atoms with Gasteiger partial charge in [0.15, 0.2) is 0 Å². The lowest BCUT2D eigenvalue weighted by Crippen LogP contribution is -2.23. The van der Waals surface area contributed by atoms with Crippen LogP contribution in [0.3, 0.4) is 0 Å². The molecule has 1 aromatic heterocycles. The molecule has 0 aromatic carbocycles. The third-order valence-corrected chi connectivity index (χ3v) is 3.56. The molecule has 1 aliphatic carbocycles. The fourth-order valence-corrected chi connectivity index (χ4v) is 2.25. The maximum absolute atomic E-state index is 5.73. The highest BCUT2D eigenvalue weighted by molar-refractivity contribution is 4.96. The van der Waals surface area contributed by atoms with E-state index in [-0.39, 0.29) is 0 Å². The summed E-state index contributed by atoms with van der Waals surface area (Å²) in [5.74, 6) is 2.33. The SMILES string of the molecule is CC1COCCC1c1nnc(CNC2CC2)o1. The van der Waals surface area contributed by atoms with Gasteiger partial charge in [0.05, 0.1) is 6.54 Å². The average molecular weight is 237 g/mol. The highest BCUT2D eigenvalue weighted by atomic mass is 16.5. The molecule has 94 valence electrons. The fourth-order valence-electron chi connectivity index (χ4n) is 2.25. The van der Waals surface area contributed by atoms with Gasteiger partial charge in [0.1, 0.15) is 0 Å². The first-order chi connectivity index (χ1) is 8.33. The number of aromatic nitrogens is 2. The summed E-state index contributed by atoms with van der Waals surface area (Å²) in [6.07, 6.45) is 3.54. The second-order valence-electron chi connectivity index (χ2n) is 5.14. The molecular weight excluding hydrogens is 218 g/mol. The quantitative estimate of drug-likeness (QED) is 0.859. The molecule has 2 atom stereocenters. The minimum atomic E-state index is 0.367. The van der Waals surface area contributed by atoms with Gasteiger partial charge in [0.25, 0.3) is 0 Å². The summed E-state index contributed by atoms with van der Waals surface area (Å²) in [5, 5.41) is 11.7. The van der Waals surface area contributed by atoms with E-state index in [9.17, 15) is 0 Å². The number of rotatable bonds is 4. The van der Waals surface area contributed by atoms with Gasteiger partial charge in [-0.1, -0.05) is 6.92 Å². The second kappa shape index (κ2) is 4.74. The predicted molar refractivity (Wildman–Crippen MR) is 61.5 cm³/mol. The minimum absolute atomic E-state index is 0.367. The highest BCUT2D eigenvalue weighted by Gasteiger charge is 2.28. The monoisotopic (exact) mass is 237 g/mol. The van der Waals surface area contributed by atoms with Crippen molar-refractivity contribution in [2.45, 2.75) is 44.7 Å². The molecular formula is C12H19N3O2. The molecule has 17 heavy (non-hydrogen) atoms. The lowest BCUT2D eigenvalue weighted by atomic mass is 9.90. The smallest absolute Gasteiger partial charge is 0.230 e. The van der Waals surface area contributed by atoms with Crippen molar-refractivity contribution in [3.63, 3.8) is 0 Å². The van der Waals surface area contributed by atoms with Crippen LogP contribution in [0.2, 0.25) is 0 Å². The van der Waals surface area contributed by atoms with Gasteiger partial charge in [-0.15, -0.1) is 10.2 Å². The molecule has 2 unspecified atom stereocenters. The first-order valence-electron chi connectivity index (χ1n) is 6.46. The van der Waals surface area contributed by atoms with Gasteiger partial charge in [-0.25, -0.2) is 0 Å². The van der Waals surface area contributed by atoms with Gasteiger partial charge in [0.2, 0.25) is 11.8 Å². The van der Waals surface area contributed by atoms with Crippen LogP contribution in [0, 0.1) is 5.92 Å². The molecule has 1 saturated carbocycles. The molecule has 1 saturated heterocycles. The lowest BCUT2D eigenvalue weighted by Gasteiger charge is -2.25. The Morgan fingerprint density at radius 2 is 2.18 bits per heavy atom. The van der Waals surface area contributed by atoms with E-state index in [0.29, 0.717) is 30.3 Å². The van der Waals surface area contributed by atoms with Crippen LogP contribution in [-0.4, -0.2) is 29.5 Å². The van der Waals surface area contributed by atoms with Crippen molar-refractivity contribution in [1.29, 1.82) is 0 Å². The Labute approximate surface area is 101 Å². The average Bonchev–Trinajstić information content (AvgIpc) is 3.06. The van der Waals surface area contributed by atoms with Crippen molar-refractivity contribution in [3.8, 4) is 0 Å². The zero-order valence-electron chi connectivity index (χ0n) is 10.2. The molecule has 3 rings (SSSR count). The van der Waals surface area contributed by atoms with Crippen LogP contribution in [0.1, 0.15) is 43.9 Å². The van der Waals surface area contributed by atoms with Crippen LogP contribution in [0.5, 0.6) is 0 Å². The Kier molecular flexibility index (Phi) is 3.11. The minimum Gasteiger partial charge on any atom is -0.424 e. The van der Waals surface area contributed by atoms with E-state index >= 15 is 0 Å². The third-order valence-electron chi connectivity index (χ3n) is 3.56. The topological polar surface area (TPSA) is 60.2 Å². The number of ether oxygens (including phenoxy) is 1. The summed E-state index contributed by atoms with van der Waals surface area (Å²) in [6.45, 7) is 4.47. The summed E-state index contributed by atoms with van der Waals surface area (Å²) in [4.78, 5) is 0. The van der Waals surface area contributed by atoms with Crippen LogP contribution < -0.4 is 5.32 Å².